The van der Waals surface area contributed by atoms with Crippen molar-refractivity contribution in [1.29, 1.82) is 0 Å². The van der Waals surface area contributed by atoms with Gasteiger partial charge in [-0.05, 0) is 41.9 Å². The van der Waals surface area contributed by atoms with Crippen LogP contribution in [0.4, 0.5) is 0 Å². The van der Waals surface area contributed by atoms with Crippen LogP contribution in [-0.4, -0.2) is 10.9 Å². The minimum Gasteiger partial charge on any atom is -0.507 e. The molecule has 120 valence electrons. The van der Waals surface area contributed by atoms with Crippen molar-refractivity contribution < 1.29 is 9.90 Å². The molecule has 0 spiro atoms. The summed E-state index contributed by atoms with van der Waals surface area (Å²) in [7, 11) is 0. The average Bonchev–Trinajstić information content (AvgIpc) is 2.45. The Morgan fingerprint density at radius 1 is 1.36 bits per heavy atom. The molecule has 0 heterocycles. The summed E-state index contributed by atoms with van der Waals surface area (Å²) in [5.41, 5.74) is 2.19. The third kappa shape index (κ3) is 4.37. The van der Waals surface area contributed by atoms with E-state index >= 15 is 0 Å². The number of phenolic OH excluding ortho intramolecular Hbond substituents is 1. The van der Waals surface area contributed by atoms with E-state index in [1.807, 2.05) is 12.1 Å². The van der Waals surface area contributed by atoms with Crippen molar-refractivity contribution in [2.75, 3.05) is 0 Å². The monoisotopic (exact) mass is 300 g/mol. The van der Waals surface area contributed by atoms with Gasteiger partial charge in [0.05, 0.1) is 0 Å². The van der Waals surface area contributed by atoms with Gasteiger partial charge in [0, 0.05) is 24.0 Å². The van der Waals surface area contributed by atoms with Crippen LogP contribution in [0.5, 0.6) is 5.75 Å². The Balaban J connectivity index is 3.29. The minimum atomic E-state index is -0.207. The van der Waals surface area contributed by atoms with Crippen molar-refractivity contribution in [1.82, 2.24) is 0 Å². The Hall–Kier alpha value is -1.75. The van der Waals surface area contributed by atoms with Crippen LogP contribution in [0.15, 0.2) is 12.1 Å². The summed E-state index contributed by atoms with van der Waals surface area (Å²) in [6, 6.07) is 3.70. The molecule has 1 N–H and O–H groups in total. The first-order valence-electron chi connectivity index (χ1n) is 8.06. The van der Waals surface area contributed by atoms with Crippen molar-refractivity contribution in [2.24, 2.45) is 0 Å². The van der Waals surface area contributed by atoms with Gasteiger partial charge >= 0.3 is 0 Å². The third-order valence-electron chi connectivity index (χ3n) is 4.14. The van der Waals surface area contributed by atoms with Crippen LogP contribution in [0.2, 0.25) is 0 Å². The fraction of sp³-hybridized carbons (Fsp3) is 0.550. The molecule has 0 radical (unpaired) electrons. The van der Waals surface area contributed by atoms with E-state index in [1.165, 1.54) is 0 Å². The van der Waals surface area contributed by atoms with Crippen molar-refractivity contribution in [2.45, 2.75) is 71.6 Å². The summed E-state index contributed by atoms with van der Waals surface area (Å²) >= 11 is 0. The number of unbranched alkanes of at least 4 members (excludes halogenated alkanes) is 1. The van der Waals surface area contributed by atoms with E-state index in [0.717, 1.165) is 17.5 Å². The Bertz CT molecular complexity index is 571. The number of benzene rings is 1. The largest absolute Gasteiger partial charge is 0.507 e. The van der Waals surface area contributed by atoms with Crippen LogP contribution in [-0.2, 0) is 5.41 Å². The minimum absolute atomic E-state index is 0.102. The van der Waals surface area contributed by atoms with Gasteiger partial charge in [-0.15, -0.1) is 12.3 Å². The molecule has 0 aromatic heterocycles. The standard InChI is InChI=1S/C20H28O2/c1-7-9-10-11-18(21)15-12-16(14(3)8-2)19(22)17(13-15)20(4,5)6/h1,12-14,22H,8-11H2,2-6H3. The SMILES string of the molecule is C#CCCCC(=O)c1cc(C(C)CC)c(O)c(C(C)(C)C)c1. The number of carbonyl (C=O) groups excluding carboxylic acids is 1. The Kier molecular flexibility index (Phi) is 6.23. The highest BCUT2D eigenvalue weighted by Gasteiger charge is 2.24. The molecule has 0 saturated carbocycles. The number of aromatic hydroxyl groups is 1. The molecule has 0 aliphatic heterocycles. The Morgan fingerprint density at radius 2 is 2.00 bits per heavy atom. The molecule has 1 aromatic carbocycles. The summed E-state index contributed by atoms with van der Waals surface area (Å²) in [6.45, 7) is 10.3. The van der Waals surface area contributed by atoms with Gasteiger partial charge in [-0.2, -0.15) is 0 Å². The lowest BCUT2D eigenvalue weighted by Gasteiger charge is -2.25. The Morgan fingerprint density at radius 3 is 2.50 bits per heavy atom. The number of carbonyl (C=O) groups is 1. The molecule has 2 heteroatoms. The van der Waals surface area contributed by atoms with Crippen molar-refractivity contribution in [3.05, 3.63) is 28.8 Å². The number of phenols is 1. The second-order valence-electron chi connectivity index (χ2n) is 7.00. The average molecular weight is 300 g/mol. The summed E-state index contributed by atoms with van der Waals surface area (Å²) in [5, 5.41) is 10.6. The van der Waals surface area contributed by atoms with Crippen LogP contribution in [0, 0.1) is 12.3 Å². The normalized spacial score (nSPS) is 12.7. The number of hydrogen-bond acceptors (Lipinski definition) is 2. The highest BCUT2D eigenvalue weighted by atomic mass is 16.3. The van der Waals surface area contributed by atoms with Gasteiger partial charge in [-0.1, -0.05) is 34.6 Å². The number of terminal acetylenes is 1. The smallest absolute Gasteiger partial charge is 0.162 e. The first kappa shape index (κ1) is 18.3. The highest BCUT2D eigenvalue weighted by Crippen LogP contribution is 2.38. The molecule has 2 nitrogen and oxygen atoms in total. The lowest BCUT2D eigenvalue weighted by atomic mass is 9.81. The molecule has 0 amide bonds. The van der Waals surface area contributed by atoms with E-state index in [4.69, 9.17) is 6.42 Å². The van der Waals surface area contributed by atoms with Crippen molar-refractivity contribution in [3.8, 4) is 18.1 Å². The van der Waals surface area contributed by atoms with E-state index < -0.39 is 0 Å². The van der Waals surface area contributed by atoms with Crippen molar-refractivity contribution >= 4 is 5.78 Å². The number of ketones is 1. The van der Waals surface area contributed by atoms with E-state index in [1.54, 1.807) is 0 Å². The summed E-state index contributed by atoms with van der Waals surface area (Å²) in [4.78, 5) is 12.4. The fourth-order valence-corrected chi connectivity index (χ4v) is 2.48. The van der Waals surface area contributed by atoms with Gasteiger partial charge in [-0.25, -0.2) is 0 Å². The molecule has 0 fully saturated rings. The third-order valence-corrected chi connectivity index (χ3v) is 4.14. The van der Waals surface area contributed by atoms with Gasteiger partial charge in [0.1, 0.15) is 5.75 Å². The number of hydrogen-bond donors (Lipinski definition) is 1. The van der Waals surface area contributed by atoms with Gasteiger partial charge in [0.25, 0.3) is 0 Å². The topological polar surface area (TPSA) is 37.3 Å². The highest BCUT2D eigenvalue weighted by molar-refractivity contribution is 5.96. The predicted octanol–water partition coefficient (Wildman–Crippen LogP) is 5.19. The van der Waals surface area contributed by atoms with E-state index in [2.05, 4.69) is 40.5 Å². The van der Waals surface area contributed by atoms with Gasteiger partial charge < -0.3 is 5.11 Å². The van der Waals surface area contributed by atoms with Crippen molar-refractivity contribution in [3.63, 3.8) is 0 Å². The molecule has 1 rings (SSSR count). The fourth-order valence-electron chi connectivity index (χ4n) is 2.48. The van der Waals surface area contributed by atoms with Gasteiger partial charge in [-0.3, -0.25) is 4.79 Å². The van der Waals surface area contributed by atoms with Crippen LogP contribution >= 0.6 is 0 Å². The predicted molar refractivity (Wildman–Crippen MR) is 92.5 cm³/mol. The van der Waals surface area contributed by atoms with E-state index in [9.17, 15) is 9.90 Å². The molecule has 1 atom stereocenters. The molecule has 0 aliphatic rings. The first-order chi connectivity index (χ1) is 10.2. The lowest BCUT2D eigenvalue weighted by Crippen LogP contribution is -2.14. The summed E-state index contributed by atoms with van der Waals surface area (Å²) in [5.74, 6) is 3.22. The molecule has 0 saturated heterocycles. The summed E-state index contributed by atoms with van der Waals surface area (Å²) < 4.78 is 0. The quantitative estimate of drug-likeness (QED) is 0.446. The molecule has 1 aromatic rings. The molecule has 0 aliphatic carbocycles. The molecular formula is C20H28O2. The number of rotatable bonds is 6. The zero-order valence-corrected chi connectivity index (χ0v) is 14.5. The summed E-state index contributed by atoms with van der Waals surface area (Å²) in [6.07, 6.45) is 7.95. The zero-order chi connectivity index (χ0) is 16.9. The van der Waals surface area contributed by atoms with Crippen LogP contribution in [0.1, 0.15) is 87.7 Å². The maximum Gasteiger partial charge on any atom is 0.162 e. The maximum atomic E-state index is 12.4. The first-order valence-corrected chi connectivity index (χ1v) is 8.06. The Labute approximate surface area is 134 Å². The van der Waals surface area contributed by atoms with Crippen LogP contribution in [0.25, 0.3) is 0 Å². The second-order valence-corrected chi connectivity index (χ2v) is 7.00. The van der Waals surface area contributed by atoms with Gasteiger partial charge in [0.2, 0.25) is 0 Å². The van der Waals surface area contributed by atoms with E-state index in [0.29, 0.717) is 30.6 Å². The molecular weight excluding hydrogens is 272 g/mol. The molecule has 0 bridgehead atoms. The molecule has 1 unspecified atom stereocenters. The molecule has 22 heavy (non-hydrogen) atoms. The lowest BCUT2D eigenvalue weighted by molar-refractivity contribution is 0.0980. The zero-order valence-electron chi connectivity index (χ0n) is 14.5. The van der Waals surface area contributed by atoms with E-state index in [-0.39, 0.29) is 17.1 Å². The van der Waals surface area contributed by atoms with Crippen LogP contribution in [0.3, 0.4) is 0 Å². The maximum absolute atomic E-state index is 12.4. The number of Topliss-reactive ketones (excluding diaryl/α,β-unsaturated/α-hetero) is 1. The van der Waals surface area contributed by atoms with Gasteiger partial charge in [0.15, 0.2) is 5.78 Å². The van der Waals surface area contributed by atoms with Crippen LogP contribution < -0.4 is 0 Å². The second kappa shape index (κ2) is 7.49.